The molecule has 1 N–H and O–H groups in total. The molecule has 132 valence electrons. The first-order valence-electron chi connectivity index (χ1n) is 8.47. The van der Waals surface area contributed by atoms with Crippen molar-refractivity contribution in [1.82, 2.24) is 0 Å². The Labute approximate surface area is 149 Å². The molecular formula is C21H25NO3. The molecule has 0 heterocycles. The van der Waals surface area contributed by atoms with Gasteiger partial charge in [-0.15, -0.1) is 0 Å². The van der Waals surface area contributed by atoms with E-state index in [9.17, 15) is 9.59 Å². The summed E-state index contributed by atoms with van der Waals surface area (Å²) >= 11 is 0. The van der Waals surface area contributed by atoms with Crippen LogP contribution in [0.3, 0.4) is 0 Å². The van der Waals surface area contributed by atoms with Gasteiger partial charge in [0.2, 0.25) is 0 Å². The van der Waals surface area contributed by atoms with E-state index in [1.807, 2.05) is 25.1 Å². The molecule has 25 heavy (non-hydrogen) atoms. The largest absolute Gasteiger partial charge is 0.481 e. The molecule has 0 bridgehead atoms. The highest BCUT2D eigenvalue weighted by molar-refractivity contribution is 5.96. The highest BCUT2D eigenvalue weighted by Crippen LogP contribution is 2.27. The van der Waals surface area contributed by atoms with Gasteiger partial charge in [0.1, 0.15) is 5.75 Å². The summed E-state index contributed by atoms with van der Waals surface area (Å²) in [6, 6.07) is 12.8. The summed E-state index contributed by atoms with van der Waals surface area (Å²) in [5.41, 5.74) is 3.60. The van der Waals surface area contributed by atoms with E-state index in [-0.39, 0.29) is 11.7 Å². The quantitative estimate of drug-likeness (QED) is 0.774. The normalized spacial score (nSPS) is 11.9. The Hall–Kier alpha value is -2.62. The fraction of sp³-hybridized carbons (Fsp3) is 0.333. The van der Waals surface area contributed by atoms with Crippen molar-refractivity contribution in [2.75, 3.05) is 5.32 Å². The van der Waals surface area contributed by atoms with Crippen molar-refractivity contribution < 1.29 is 14.3 Å². The van der Waals surface area contributed by atoms with Gasteiger partial charge < -0.3 is 10.1 Å². The molecule has 4 nitrogen and oxygen atoms in total. The number of Topliss-reactive ketones (excluding diaryl/α,β-unsaturated/α-hetero) is 1. The molecule has 1 amide bonds. The van der Waals surface area contributed by atoms with Crippen LogP contribution in [0.5, 0.6) is 5.75 Å². The number of benzene rings is 2. The summed E-state index contributed by atoms with van der Waals surface area (Å²) in [6.45, 7) is 9.40. The average molecular weight is 339 g/mol. The summed E-state index contributed by atoms with van der Waals surface area (Å²) in [4.78, 5) is 23.8. The molecule has 2 rings (SSSR count). The van der Waals surface area contributed by atoms with Crippen LogP contribution in [0.15, 0.2) is 42.5 Å². The van der Waals surface area contributed by atoms with Crippen LogP contribution in [-0.2, 0) is 4.79 Å². The topological polar surface area (TPSA) is 55.4 Å². The number of ether oxygens (including phenoxy) is 1. The van der Waals surface area contributed by atoms with Gasteiger partial charge in [-0.1, -0.05) is 32.0 Å². The van der Waals surface area contributed by atoms with Crippen LogP contribution in [0.1, 0.15) is 55.1 Å². The molecule has 0 unspecified atom stereocenters. The molecule has 1 atom stereocenters. The molecule has 0 radical (unpaired) electrons. The van der Waals surface area contributed by atoms with Crippen molar-refractivity contribution in [3.05, 3.63) is 59.2 Å². The molecule has 0 saturated carbocycles. The molecule has 2 aromatic carbocycles. The van der Waals surface area contributed by atoms with Gasteiger partial charge in [-0.2, -0.15) is 0 Å². The fourth-order valence-corrected chi connectivity index (χ4v) is 2.59. The average Bonchev–Trinajstić information content (AvgIpc) is 2.56. The molecule has 0 saturated heterocycles. The summed E-state index contributed by atoms with van der Waals surface area (Å²) in [5, 5.41) is 2.99. The van der Waals surface area contributed by atoms with Gasteiger partial charge in [0.05, 0.1) is 0 Å². The highest BCUT2D eigenvalue weighted by atomic mass is 16.5. The van der Waals surface area contributed by atoms with Crippen molar-refractivity contribution in [2.24, 2.45) is 0 Å². The molecule has 0 aromatic heterocycles. The molecule has 2 aromatic rings. The summed E-state index contributed by atoms with van der Waals surface area (Å²) in [6.07, 6.45) is -0.650. The lowest BCUT2D eigenvalue weighted by atomic mass is 9.98. The van der Waals surface area contributed by atoms with Crippen molar-refractivity contribution in [1.29, 1.82) is 0 Å². The Morgan fingerprint density at radius 2 is 1.64 bits per heavy atom. The SMILES string of the molecule is CC(=O)c1ccc(O[C@H](C)C(=O)Nc2c(C)cccc2C(C)C)cc1. The predicted molar refractivity (Wildman–Crippen MR) is 100 cm³/mol. The number of carbonyl (C=O) groups excluding carboxylic acids is 2. The Bertz CT molecular complexity index is 763. The lowest BCUT2D eigenvalue weighted by Gasteiger charge is -2.19. The van der Waals surface area contributed by atoms with Crippen LogP contribution in [0.4, 0.5) is 5.69 Å². The number of para-hydroxylation sites is 1. The Morgan fingerprint density at radius 1 is 1.00 bits per heavy atom. The zero-order valence-corrected chi connectivity index (χ0v) is 15.4. The van der Waals surface area contributed by atoms with E-state index in [0.29, 0.717) is 17.2 Å². The zero-order chi connectivity index (χ0) is 18.6. The highest BCUT2D eigenvalue weighted by Gasteiger charge is 2.18. The van der Waals surface area contributed by atoms with Gasteiger partial charge in [-0.3, -0.25) is 9.59 Å². The van der Waals surface area contributed by atoms with Gasteiger partial charge in [-0.05, 0) is 62.1 Å². The summed E-state index contributed by atoms with van der Waals surface area (Å²) < 4.78 is 5.70. The Balaban J connectivity index is 2.09. The molecule has 0 fully saturated rings. The van der Waals surface area contributed by atoms with Crippen LogP contribution in [0, 0.1) is 6.92 Å². The first-order chi connectivity index (χ1) is 11.8. The van der Waals surface area contributed by atoms with Gasteiger partial charge in [0, 0.05) is 11.3 Å². The van der Waals surface area contributed by atoms with Gasteiger partial charge in [-0.25, -0.2) is 0 Å². The number of ketones is 1. The second-order valence-electron chi connectivity index (χ2n) is 6.52. The summed E-state index contributed by atoms with van der Waals surface area (Å²) in [5.74, 6) is 0.664. The van der Waals surface area contributed by atoms with Crippen LogP contribution in [-0.4, -0.2) is 17.8 Å². The number of hydrogen-bond acceptors (Lipinski definition) is 3. The standard InChI is InChI=1S/C21H25NO3/c1-13(2)19-8-6-7-14(3)20(19)22-21(24)16(5)25-18-11-9-17(10-12-18)15(4)23/h6-13,16H,1-5H3,(H,22,24)/t16-/m1/s1. The minimum atomic E-state index is -0.650. The molecule has 0 aliphatic heterocycles. The number of anilines is 1. The van der Waals surface area contributed by atoms with Crippen LogP contribution < -0.4 is 10.1 Å². The van der Waals surface area contributed by atoms with E-state index >= 15 is 0 Å². The van der Waals surface area contributed by atoms with Crippen molar-refractivity contribution in [2.45, 2.75) is 46.6 Å². The number of carbonyl (C=O) groups is 2. The maximum Gasteiger partial charge on any atom is 0.265 e. The molecule has 0 aliphatic rings. The number of aryl methyl sites for hydroxylation is 1. The third-order valence-electron chi connectivity index (χ3n) is 4.12. The second-order valence-corrected chi connectivity index (χ2v) is 6.52. The fourth-order valence-electron chi connectivity index (χ4n) is 2.59. The third-order valence-corrected chi connectivity index (χ3v) is 4.12. The lowest BCUT2D eigenvalue weighted by molar-refractivity contribution is -0.122. The number of amides is 1. The minimum Gasteiger partial charge on any atom is -0.481 e. The van der Waals surface area contributed by atoms with E-state index in [0.717, 1.165) is 16.8 Å². The van der Waals surface area contributed by atoms with E-state index in [1.54, 1.807) is 31.2 Å². The van der Waals surface area contributed by atoms with Gasteiger partial charge >= 0.3 is 0 Å². The van der Waals surface area contributed by atoms with Crippen LogP contribution in [0.25, 0.3) is 0 Å². The smallest absolute Gasteiger partial charge is 0.265 e. The minimum absolute atomic E-state index is 0.00175. The predicted octanol–water partition coefficient (Wildman–Crippen LogP) is 4.73. The first-order valence-corrected chi connectivity index (χ1v) is 8.47. The summed E-state index contributed by atoms with van der Waals surface area (Å²) in [7, 11) is 0. The molecule has 0 spiro atoms. The molecule has 0 aliphatic carbocycles. The Morgan fingerprint density at radius 3 is 2.20 bits per heavy atom. The maximum absolute atomic E-state index is 12.5. The second kappa shape index (κ2) is 7.97. The number of nitrogens with one attached hydrogen (secondary N) is 1. The van der Waals surface area contributed by atoms with Crippen LogP contribution >= 0.6 is 0 Å². The number of hydrogen-bond donors (Lipinski definition) is 1. The lowest BCUT2D eigenvalue weighted by Crippen LogP contribution is -2.30. The van der Waals surface area contributed by atoms with E-state index < -0.39 is 6.10 Å². The number of rotatable bonds is 6. The zero-order valence-electron chi connectivity index (χ0n) is 15.4. The van der Waals surface area contributed by atoms with Crippen molar-refractivity contribution in [3.8, 4) is 5.75 Å². The van der Waals surface area contributed by atoms with E-state index in [1.165, 1.54) is 6.92 Å². The maximum atomic E-state index is 12.5. The third kappa shape index (κ3) is 4.69. The Kier molecular flexibility index (Phi) is 5.97. The van der Waals surface area contributed by atoms with Crippen LogP contribution in [0.2, 0.25) is 0 Å². The monoisotopic (exact) mass is 339 g/mol. The van der Waals surface area contributed by atoms with Gasteiger partial charge in [0.25, 0.3) is 5.91 Å². The van der Waals surface area contributed by atoms with E-state index in [2.05, 4.69) is 19.2 Å². The van der Waals surface area contributed by atoms with Gasteiger partial charge in [0.15, 0.2) is 11.9 Å². The first kappa shape index (κ1) is 18.7. The van der Waals surface area contributed by atoms with E-state index in [4.69, 9.17) is 4.74 Å². The molecule has 4 heteroatoms. The molecular weight excluding hydrogens is 314 g/mol. The van der Waals surface area contributed by atoms with Crippen molar-refractivity contribution >= 4 is 17.4 Å². The van der Waals surface area contributed by atoms with Crippen molar-refractivity contribution in [3.63, 3.8) is 0 Å².